The number of carbonyl (C=O) groups is 3. The smallest absolute Gasteiger partial charge is 0.266 e. The van der Waals surface area contributed by atoms with Crippen molar-refractivity contribution in [2.75, 3.05) is 11.4 Å². The summed E-state index contributed by atoms with van der Waals surface area (Å²) in [6.07, 6.45) is 2.08. The Labute approximate surface area is 187 Å². The van der Waals surface area contributed by atoms with Gasteiger partial charge in [-0.1, -0.05) is 42.5 Å². The van der Waals surface area contributed by atoms with Crippen molar-refractivity contribution in [2.24, 2.45) is 0 Å². The van der Waals surface area contributed by atoms with Gasteiger partial charge in [0.1, 0.15) is 0 Å². The number of nitrogens with one attached hydrogen (secondary N) is 1. The van der Waals surface area contributed by atoms with Gasteiger partial charge in [-0.3, -0.25) is 14.4 Å². The van der Waals surface area contributed by atoms with Crippen molar-refractivity contribution in [1.82, 2.24) is 5.32 Å². The van der Waals surface area contributed by atoms with Gasteiger partial charge in [-0.15, -0.1) is 0 Å². The Morgan fingerprint density at radius 2 is 1.62 bits per heavy atom. The molecule has 5 nitrogen and oxygen atoms in total. The van der Waals surface area contributed by atoms with Gasteiger partial charge in [-0.25, -0.2) is 4.90 Å². The van der Waals surface area contributed by atoms with Crippen LogP contribution in [0, 0.1) is 13.8 Å². The molecule has 0 bridgehead atoms. The van der Waals surface area contributed by atoms with Gasteiger partial charge in [0.2, 0.25) is 0 Å². The van der Waals surface area contributed by atoms with Crippen molar-refractivity contribution < 1.29 is 14.4 Å². The molecule has 0 spiro atoms. The third-order valence-corrected chi connectivity index (χ3v) is 6.58. The summed E-state index contributed by atoms with van der Waals surface area (Å²) in [6.45, 7) is 4.34. The zero-order valence-corrected chi connectivity index (χ0v) is 18.1. The summed E-state index contributed by atoms with van der Waals surface area (Å²) >= 11 is 0. The van der Waals surface area contributed by atoms with Crippen LogP contribution in [0.4, 0.5) is 5.69 Å². The molecule has 1 aliphatic heterocycles. The molecule has 160 valence electrons. The zero-order valence-electron chi connectivity index (χ0n) is 18.1. The number of aryl methyl sites for hydroxylation is 2. The maximum absolute atomic E-state index is 13.1. The molecule has 0 unspecified atom stereocenters. The minimum atomic E-state index is -0.392. The number of imide groups is 1. The lowest BCUT2D eigenvalue weighted by Crippen LogP contribution is -2.32. The lowest BCUT2D eigenvalue weighted by Gasteiger charge is -2.17. The van der Waals surface area contributed by atoms with Gasteiger partial charge >= 0.3 is 0 Å². The van der Waals surface area contributed by atoms with E-state index in [9.17, 15) is 14.4 Å². The van der Waals surface area contributed by atoms with E-state index in [0.29, 0.717) is 23.4 Å². The van der Waals surface area contributed by atoms with Crippen LogP contribution < -0.4 is 10.2 Å². The number of rotatable bonds is 5. The fourth-order valence-electron chi connectivity index (χ4n) is 4.42. The molecule has 2 aliphatic rings. The minimum absolute atomic E-state index is 0.00106. The second kappa shape index (κ2) is 7.45. The summed E-state index contributed by atoms with van der Waals surface area (Å²) < 4.78 is 0. The van der Waals surface area contributed by atoms with Crippen LogP contribution in [0.5, 0.6) is 0 Å². The third kappa shape index (κ3) is 3.30. The van der Waals surface area contributed by atoms with E-state index in [0.717, 1.165) is 24.0 Å². The highest BCUT2D eigenvalue weighted by molar-refractivity contribution is 6.35. The van der Waals surface area contributed by atoms with E-state index in [2.05, 4.69) is 17.4 Å². The third-order valence-electron chi connectivity index (χ3n) is 6.58. The quantitative estimate of drug-likeness (QED) is 0.611. The molecule has 0 atom stereocenters. The zero-order chi connectivity index (χ0) is 22.5. The second-order valence-electron chi connectivity index (χ2n) is 8.83. The first-order valence-corrected chi connectivity index (χ1v) is 10.8. The molecule has 1 aliphatic carbocycles. The van der Waals surface area contributed by atoms with E-state index in [1.165, 1.54) is 16.5 Å². The van der Waals surface area contributed by atoms with Crippen LogP contribution in [-0.2, 0) is 5.41 Å². The van der Waals surface area contributed by atoms with E-state index in [1.54, 1.807) is 12.1 Å². The molecular weight excluding hydrogens is 400 g/mol. The average molecular weight is 425 g/mol. The van der Waals surface area contributed by atoms with Gasteiger partial charge in [0, 0.05) is 17.5 Å². The Bertz CT molecular complexity index is 1260. The van der Waals surface area contributed by atoms with Gasteiger partial charge in [0.05, 0.1) is 16.8 Å². The van der Waals surface area contributed by atoms with Gasteiger partial charge in [-0.2, -0.15) is 0 Å². The van der Waals surface area contributed by atoms with Crippen molar-refractivity contribution in [3.8, 4) is 0 Å². The molecule has 1 saturated carbocycles. The van der Waals surface area contributed by atoms with Crippen molar-refractivity contribution in [2.45, 2.75) is 32.1 Å². The SMILES string of the molecule is Cc1ccc(C)c(N2C(=O)c3ccc(C(=O)NCC4(c5ccccc5)CC4)cc3C2=O)c1. The molecule has 3 aromatic rings. The second-order valence-corrected chi connectivity index (χ2v) is 8.83. The first-order chi connectivity index (χ1) is 15.4. The first-order valence-electron chi connectivity index (χ1n) is 10.8. The average Bonchev–Trinajstić information content (AvgIpc) is 3.56. The van der Waals surface area contributed by atoms with Crippen molar-refractivity contribution >= 4 is 23.4 Å². The van der Waals surface area contributed by atoms with Gasteiger partial charge in [0.15, 0.2) is 0 Å². The van der Waals surface area contributed by atoms with Crippen molar-refractivity contribution in [1.29, 1.82) is 0 Å². The molecule has 1 fully saturated rings. The van der Waals surface area contributed by atoms with Crippen molar-refractivity contribution in [3.63, 3.8) is 0 Å². The number of hydrogen-bond donors (Lipinski definition) is 1. The first kappa shape index (κ1) is 20.2. The minimum Gasteiger partial charge on any atom is -0.351 e. The maximum atomic E-state index is 13.1. The van der Waals surface area contributed by atoms with E-state index < -0.39 is 5.91 Å². The summed E-state index contributed by atoms with van der Waals surface area (Å²) in [6, 6.07) is 20.6. The predicted octanol–water partition coefficient (Wildman–Crippen LogP) is 4.57. The van der Waals surface area contributed by atoms with Crippen LogP contribution in [-0.4, -0.2) is 24.3 Å². The van der Waals surface area contributed by atoms with Crippen LogP contribution >= 0.6 is 0 Å². The largest absolute Gasteiger partial charge is 0.351 e. The molecule has 3 amide bonds. The number of benzene rings is 3. The van der Waals surface area contributed by atoms with Gasteiger partial charge in [-0.05, 0) is 67.6 Å². The summed E-state index contributed by atoms with van der Waals surface area (Å²) in [5.41, 5.74) is 4.62. The molecule has 32 heavy (non-hydrogen) atoms. The molecule has 3 aromatic carbocycles. The highest BCUT2D eigenvalue weighted by atomic mass is 16.2. The number of nitrogens with zero attached hydrogens (tertiary/aromatic N) is 1. The molecular formula is C27H24N2O3. The summed E-state index contributed by atoms with van der Waals surface area (Å²) in [4.78, 5) is 40.2. The fourth-order valence-corrected chi connectivity index (χ4v) is 4.42. The lowest BCUT2D eigenvalue weighted by molar-refractivity contribution is 0.0923. The monoisotopic (exact) mass is 424 g/mol. The molecule has 0 radical (unpaired) electrons. The van der Waals surface area contributed by atoms with E-state index in [-0.39, 0.29) is 22.8 Å². The van der Waals surface area contributed by atoms with E-state index in [1.807, 2.05) is 50.2 Å². The van der Waals surface area contributed by atoms with E-state index in [4.69, 9.17) is 0 Å². The fraction of sp³-hybridized carbons (Fsp3) is 0.222. The lowest BCUT2D eigenvalue weighted by atomic mass is 9.96. The standard InChI is InChI=1S/C27H24N2O3/c1-17-8-9-18(2)23(14-17)29-25(31)21-11-10-19(15-22(21)26(29)32)24(30)28-16-27(12-13-27)20-6-4-3-5-7-20/h3-11,14-15H,12-13,16H2,1-2H3,(H,28,30). The summed E-state index contributed by atoms with van der Waals surface area (Å²) in [5, 5.41) is 3.03. The Morgan fingerprint density at radius 3 is 2.34 bits per heavy atom. The van der Waals surface area contributed by atoms with Gasteiger partial charge in [0.25, 0.3) is 17.7 Å². The van der Waals surface area contributed by atoms with Crippen LogP contribution in [0.1, 0.15) is 60.6 Å². The predicted molar refractivity (Wildman–Crippen MR) is 123 cm³/mol. The number of hydrogen-bond acceptors (Lipinski definition) is 3. The van der Waals surface area contributed by atoms with Crippen LogP contribution in [0.15, 0.2) is 66.7 Å². The Kier molecular flexibility index (Phi) is 4.70. The molecule has 0 aromatic heterocycles. The molecule has 5 rings (SSSR count). The summed E-state index contributed by atoms with van der Waals surface area (Å²) in [7, 11) is 0. The number of anilines is 1. The van der Waals surface area contributed by atoms with Crippen LogP contribution in [0.3, 0.4) is 0 Å². The van der Waals surface area contributed by atoms with Gasteiger partial charge < -0.3 is 5.32 Å². The number of carbonyl (C=O) groups excluding carboxylic acids is 3. The normalized spacial score (nSPS) is 16.1. The van der Waals surface area contributed by atoms with Crippen molar-refractivity contribution in [3.05, 3.63) is 100 Å². The van der Waals surface area contributed by atoms with E-state index >= 15 is 0 Å². The number of amides is 3. The highest BCUT2D eigenvalue weighted by Crippen LogP contribution is 2.47. The molecule has 1 N–H and O–H groups in total. The number of fused-ring (bicyclic) bond motifs is 1. The Balaban J connectivity index is 1.37. The molecule has 5 heteroatoms. The maximum Gasteiger partial charge on any atom is 0.266 e. The molecule has 1 heterocycles. The van der Waals surface area contributed by atoms with Crippen LogP contribution in [0.25, 0.3) is 0 Å². The molecule has 0 saturated heterocycles. The highest BCUT2D eigenvalue weighted by Gasteiger charge is 2.44. The Hall–Kier alpha value is -3.73. The summed E-state index contributed by atoms with van der Waals surface area (Å²) in [5.74, 6) is -0.983. The van der Waals surface area contributed by atoms with Crippen LogP contribution in [0.2, 0.25) is 0 Å². The topological polar surface area (TPSA) is 66.5 Å². The Morgan fingerprint density at radius 1 is 0.906 bits per heavy atom.